The highest BCUT2D eigenvalue weighted by molar-refractivity contribution is 5.93. The molecule has 0 saturated carbocycles. The molecule has 2 aliphatic heterocycles. The molecule has 11 heavy (non-hydrogen) atoms. The lowest BCUT2D eigenvalue weighted by atomic mass is 10.0. The van der Waals surface area contributed by atoms with Crippen molar-refractivity contribution in [3.8, 4) is 0 Å². The van der Waals surface area contributed by atoms with Gasteiger partial charge in [-0.2, -0.15) is 5.10 Å². The quantitative estimate of drug-likeness (QED) is 0.595. The summed E-state index contributed by atoms with van der Waals surface area (Å²) in [5.74, 6) is 0. The van der Waals surface area contributed by atoms with Crippen molar-refractivity contribution in [2.75, 3.05) is 0 Å². The number of rotatable bonds is 1. The normalized spacial score (nSPS) is 28.4. The van der Waals surface area contributed by atoms with Crippen molar-refractivity contribution in [2.24, 2.45) is 10.1 Å². The molecule has 1 N–H and O–H groups in total. The zero-order chi connectivity index (χ0) is 7.52. The summed E-state index contributed by atoms with van der Waals surface area (Å²) in [6, 6.07) is 0.375. The summed E-state index contributed by atoms with van der Waals surface area (Å²) in [4.78, 5) is 4.31. The summed E-state index contributed by atoms with van der Waals surface area (Å²) < 4.78 is 0. The Bertz CT molecular complexity index is 219. The second-order valence-corrected chi connectivity index (χ2v) is 2.77. The lowest BCUT2D eigenvalue weighted by Crippen LogP contribution is -2.29. The molecule has 0 bridgehead atoms. The van der Waals surface area contributed by atoms with Crippen molar-refractivity contribution < 1.29 is 0 Å². The van der Waals surface area contributed by atoms with E-state index >= 15 is 0 Å². The molecule has 0 aromatic heterocycles. The summed E-state index contributed by atoms with van der Waals surface area (Å²) >= 11 is 0. The van der Waals surface area contributed by atoms with Crippen LogP contribution in [0, 0.1) is 0 Å². The standard InChI is InChI=1S/C8H11N3/c1-2-5-9-7(3-1)8-4-6-10-11-8/h2,5-6,8,11H,1,3-4H2. The molecule has 58 valence electrons. The van der Waals surface area contributed by atoms with E-state index in [2.05, 4.69) is 21.6 Å². The third-order valence-electron chi connectivity index (χ3n) is 1.98. The van der Waals surface area contributed by atoms with Crippen LogP contribution in [0.3, 0.4) is 0 Å². The van der Waals surface area contributed by atoms with E-state index in [1.54, 1.807) is 0 Å². The highest BCUT2D eigenvalue weighted by Gasteiger charge is 2.17. The fourth-order valence-corrected chi connectivity index (χ4v) is 1.35. The maximum absolute atomic E-state index is 4.31. The van der Waals surface area contributed by atoms with Crippen molar-refractivity contribution in [2.45, 2.75) is 25.3 Å². The maximum atomic E-state index is 4.31. The summed E-state index contributed by atoms with van der Waals surface area (Å²) in [7, 11) is 0. The Morgan fingerprint density at radius 3 is 3.18 bits per heavy atom. The molecule has 0 fully saturated rings. The first-order valence-electron chi connectivity index (χ1n) is 3.95. The highest BCUT2D eigenvalue weighted by Crippen LogP contribution is 2.09. The highest BCUT2D eigenvalue weighted by atomic mass is 15.3. The molecule has 2 aliphatic rings. The van der Waals surface area contributed by atoms with Crippen molar-refractivity contribution in [1.29, 1.82) is 0 Å². The van der Waals surface area contributed by atoms with Crippen molar-refractivity contribution >= 4 is 11.9 Å². The molecule has 2 rings (SSSR count). The number of allylic oxidation sites excluding steroid dienone is 1. The smallest absolute Gasteiger partial charge is 0.0870 e. The van der Waals surface area contributed by atoms with E-state index in [0.29, 0.717) is 6.04 Å². The summed E-state index contributed by atoms with van der Waals surface area (Å²) in [5.41, 5.74) is 4.27. The minimum Gasteiger partial charge on any atom is -0.301 e. The lowest BCUT2D eigenvalue weighted by molar-refractivity contribution is 0.706. The van der Waals surface area contributed by atoms with Gasteiger partial charge in [0.2, 0.25) is 0 Å². The van der Waals surface area contributed by atoms with Gasteiger partial charge >= 0.3 is 0 Å². The molecule has 0 amide bonds. The van der Waals surface area contributed by atoms with Crippen molar-refractivity contribution in [1.82, 2.24) is 5.43 Å². The van der Waals surface area contributed by atoms with Gasteiger partial charge < -0.3 is 5.43 Å². The molecule has 2 heterocycles. The van der Waals surface area contributed by atoms with E-state index < -0.39 is 0 Å². The van der Waals surface area contributed by atoms with Gasteiger partial charge in [0, 0.05) is 24.5 Å². The van der Waals surface area contributed by atoms with E-state index in [0.717, 1.165) is 19.3 Å². The monoisotopic (exact) mass is 149 g/mol. The summed E-state index contributed by atoms with van der Waals surface area (Å²) in [6.45, 7) is 0. The molecule has 0 radical (unpaired) electrons. The van der Waals surface area contributed by atoms with Gasteiger partial charge in [-0.25, -0.2) is 0 Å². The van der Waals surface area contributed by atoms with E-state index in [4.69, 9.17) is 0 Å². The van der Waals surface area contributed by atoms with Crippen LogP contribution < -0.4 is 5.43 Å². The third kappa shape index (κ3) is 1.31. The van der Waals surface area contributed by atoms with Gasteiger partial charge in [-0.1, -0.05) is 6.08 Å². The molecule has 0 spiro atoms. The zero-order valence-electron chi connectivity index (χ0n) is 6.33. The molecule has 0 aromatic rings. The van der Waals surface area contributed by atoms with Crippen molar-refractivity contribution in [3.05, 3.63) is 12.3 Å². The molecular formula is C8H11N3. The molecule has 3 heteroatoms. The van der Waals surface area contributed by atoms with E-state index in [1.807, 2.05) is 12.4 Å². The van der Waals surface area contributed by atoms with Gasteiger partial charge in [0.1, 0.15) is 0 Å². The summed E-state index contributed by atoms with van der Waals surface area (Å²) in [6.07, 6.45) is 9.09. The van der Waals surface area contributed by atoms with Crippen LogP contribution in [-0.4, -0.2) is 18.0 Å². The zero-order valence-corrected chi connectivity index (χ0v) is 6.33. The summed E-state index contributed by atoms with van der Waals surface area (Å²) in [5, 5.41) is 3.96. The third-order valence-corrected chi connectivity index (χ3v) is 1.98. The van der Waals surface area contributed by atoms with E-state index in [9.17, 15) is 0 Å². The Morgan fingerprint density at radius 1 is 1.55 bits per heavy atom. The topological polar surface area (TPSA) is 36.8 Å². The fourth-order valence-electron chi connectivity index (χ4n) is 1.35. The van der Waals surface area contributed by atoms with Crippen LogP contribution in [0.4, 0.5) is 0 Å². The van der Waals surface area contributed by atoms with Crippen LogP contribution in [-0.2, 0) is 0 Å². The SMILES string of the molecule is C1=CN=C(C2CC=NN2)CC1. The Balaban J connectivity index is 2.03. The predicted molar refractivity (Wildman–Crippen MR) is 45.8 cm³/mol. The molecule has 1 unspecified atom stereocenters. The first-order valence-corrected chi connectivity index (χ1v) is 3.95. The largest absolute Gasteiger partial charge is 0.301 e. The van der Waals surface area contributed by atoms with Gasteiger partial charge in [0.25, 0.3) is 0 Å². The molecule has 0 aromatic carbocycles. The van der Waals surface area contributed by atoms with Crippen molar-refractivity contribution in [3.63, 3.8) is 0 Å². The van der Waals surface area contributed by atoms with E-state index in [-0.39, 0.29) is 0 Å². The fraction of sp³-hybridized carbons (Fsp3) is 0.500. The first kappa shape index (κ1) is 6.58. The van der Waals surface area contributed by atoms with Gasteiger partial charge in [0.15, 0.2) is 0 Å². The van der Waals surface area contributed by atoms with Gasteiger partial charge in [-0.05, 0) is 12.8 Å². The number of nitrogens with one attached hydrogen (secondary N) is 1. The Hall–Kier alpha value is -1.12. The number of hydrogen-bond donors (Lipinski definition) is 1. The Morgan fingerprint density at radius 2 is 2.55 bits per heavy atom. The van der Waals surface area contributed by atoms with Crippen LogP contribution in [0.25, 0.3) is 0 Å². The Kier molecular flexibility index (Phi) is 1.71. The van der Waals surface area contributed by atoms with Crippen LogP contribution in [0.5, 0.6) is 0 Å². The van der Waals surface area contributed by atoms with Gasteiger partial charge in [-0.3, -0.25) is 4.99 Å². The van der Waals surface area contributed by atoms with Crippen LogP contribution in [0.15, 0.2) is 22.4 Å². The number of aliphatic imine (C=N–C) groups is 1. The molecule has 1 atom stereocenters. The first-order chi connectivity index (χ1) is 5.47. The molecule has 0 aliphatic carbocycles. The van der Waals surface area contributed by atoms with E-state index in [1.165, 1.54) is 5.71 Å². The lowest BCUT2D eigenvalue weighted by Gasteiger charge is -2.13. The minimum absolute atomic E-state index is 0.375. The van der Waals surface area contributed by atoms with Crippen LogP contribution in [0.1, 0.15) is 19.3 Å². The molecule has 0 saturated heterocycles. The number of nitrogens with zero attached hydrogens (tertiary/aromatic N) is 2. The number of hydrazone groups is 1. The van der Waals surface area contributed by atoms with Crippen LogP contribution >= 0.6 is 0 Å². The second-order valence-electron chi connectivity index (χ2n) is 2.77. The molecular weight excluding hydrogens is 138 g/mol. The predicted octanol–water partition coefficient (Wildman–Crippen LogP) is 1.08. The second kappa shape index (κ2) is 2.86. The van der Waals surface area contributed by atoms with Gasteiger partial charge in [-0.15, -0.1) is 0 Å². The molecule has 3 nitrogen and oxygen atoms in total. The Labute approximate surface area is 65.9 Å². The average molecular weight is 149 g/mol. The van der Waals surface area contributed by atoms with Gasteiger partial charge in [0.05, 0.1) is 6.04 Å². The maximum Gasteiger partial charge on any atom is 0.0870 e. The number of hydrogen-bond acceptors (Lipinski definition) is 3. The van der Waals surface area contributed by atoms with Crippen LogP contribution in [0.2, 0.25) is 0 Å². The minimum atomic E-state index is 0.375. The average Bonchev–Trinajstić information content (AvgIpc) is 2.58.